The van der Waals surface area contributed by atoms with E-state index in [0.29, 0.717) is 11.3 Å². The number of rotatable bonds is 7. The van der Waals surface area contributed by atoms with Crippen molar-refractivity contribution < 1.29 is 28.3 Å². The summed E-state index contributed by atoms with van der Waals surface area (Å²) >= 11 is 0. The molecule has 0 aliphatic rings. The van der Waals surface area contributed by atoms with Gasteiger partial charge in [-0.2, -0.15) is 0 Å². The standard InChI is InChI=1S/C21H25N3O6/c1-21(2,3)15-8-6-14(7-9-15)19(27)22-12-18(26)30-13-17(25)24-20(28)23-11-16-5-4-10-29-16/h4-10H,11-13H2,1-3H3,(H,22,27)(H2,23,24,25,28). The van der Waals surface area contributed by atoms with Gasteiger partial charge in [-0.1, -0.05) is 32.9 Å². The van der Waals surface area contributed by atoms with Crippen molar-refractivity contribution in [1.82, 2.24) is 16.0 Å². The first-order valence-electron chi connectivity index (χ1n) is 9.29. The van der Waals surface area contributed by atoms with E-state index in [2.05, 4.69) is 31.4 Å². The van der Waals surface area contributed by atoms with Crippen LogP contribution in [0.2, 0.25) is 0 Å². The first-order valence-corrected chi connectivity index (χ1v) is 9.29. The zero-order valence-corrected chi connectivity index (χ0v) is 17.1. The highest BCUT2D eigenvalue weighted by Gasteiger charge is 2.15. The van der Waals surface area contributed by atoms with Crippen LogP contribution in [-0.2, 0) is 26.3 Å². The van der Waals surface area contributed by atoms with Crippen LogP contribution >= 0.6 is 0 Å². The molecule has 0 bridgehead atoms. The number of benzene rings is 1. The first kappa shape index (κ1) is 22.7. The van der Waals surface area contributed by atoms with Crippen molar-refractivity contribution in [3.05, 3.63) is 59.5 Å². The largest absolute Gasteiger partial charge is 0.467 e. The van der Waals surface area contributed by atoms with Crippen LogP contribution in [0.15, 0.2) is 47.1 Å². The van der Waals surface area contributed by atoms with Gasteiger partial charge >= 0.3 is 12.0 Å². The molecule has 1 aromatic heterocycles. The second-order valence-corrected chi connectivity index (χ2v) is 7.48. The SMILES string of the molecule is CC(C)(C)c1ccc(C(=O)NCC(=O)OCC(=O)NC(=O)NCc2ccco2)cc1. The fourth-order valence-electron chi connectivity index (χ4n) is 2.36. The maximum atomic E-state index is 12.1. The van der Waals surface area contributed by atoms with Gasteiger partial charge in [0.2, 0.25) is 0 Å². The Hall–Kier alpha value is -3.62. The van der Waals surface area contributed by atoms with Crippen molar-refractivity contribution in [2.45, 2.75) is 32.7 Å². The smallest absolute Gasteiger partial charge is 0.325 e. The number of nitrogens with one attached hydrogen (secondary N) is 3. The van der Waals surface area contributed by atoms with E-state index in [4.69, 9.17) is 9.15 Å². The van der Waals surface area contributed by atoms with Gasteiger partial charge in [-0.25, -0.2) is 4.79 Å². The summed E-state index contributed by atoms with van der Waals surface area (Å²) in [6.07, 6.45) is 1.46. The number of hydrogen-bond acceptors (Lipinski definition) is 6. The van der Waals surface area contributed by atoms with Crippen LogP contribution in [0.3, 0.4) is 0 Å². The fourth-order valence-corrected chi connectivity index (χ4v) is 2.36. The topological polar surface area (TPSA) is 127 Å². The van der Waals surface area contributed by atoms with Crippen molar-refractivity contribution in [2.24, 2.45) is 0 Å². The second kappa shape index (κ2) is 10.2. The average Bonchev–Trinajstić information content (AvgIpc) is 3.22. The zero-order chi connectivity index (χ0) is 22.1. The molecule has 2 aromatic rings. The Bertz CT molecular complexity index is 882. The lowest BCUT2D eigenvalue weighted by Gasteiger charge is -2.19. The minimum Gasteiger partial charge on any atom is -0.467 e. The highest BCUT2D eigenvalue weighted by Crippen LogP contribution is 2.22. The van der Waals surface area contributed by atoms with Crippen LogP contribution in [0.5, 0.6) is 0 Å². The molecule has 160 valence electrons. The Kier molecular flexibility index (Phi) is 7.74. The average molecular weight is 415 g/mol. The van der Waals surface area contributed by atoms with Crippen LogP contribution in [0.25, 0.3) is 0 Å². The van der Waals surface area contributed by atoms with E-state index in [1.165, 1.54) is 6.26 Å². The molecule has 3 N–H and O–H groups in total. The van der Waals surface area contributed by atoms with Crippen LogP contribution in [0.4, 0.5) is 4.79 Å². The number of imide groups is 1. The Labute approximate surface area is 174 Å². The normalized spacial score (nSPS) is 10.8. The molecule has 1 heterocycles. The third-order valence-corrected chi connectivity index (χ3v) is 4.03. The van der Waals surface area contributed by atoms with E-state index >= 15 is 0 Å². The van der Waals surface area contributed by atoms with Gasteiger partial charge < -0.3 is 19.8 Å². The van der Waals surface area contributed by atoms with Crippen molar-refractivity contribution >= 4 is 23.8 Å². The number of hydrogen-bond donors (Lipinski definition) is 3. The Morgan fingerprint density at radius 1 is 1.00 bits per heavy atom. The molecule has 1 aromatic carbocycles. The van der Waals surface area contributed by atoms with Gasteiger partial charge in [-0.15, -0.1) is 0 Å². The van der Waals surface area contributed by atoms with E-state index in [1.807, 2.05) is 17.4 Å². The van der Waals surface area contributed by atoms with E-state index in [9.17, 15) is 19.2 Å². The number of carbonyl (C=O) groups is 4. The number of ether oxygens (including phenoxy) is 1. The third-order valence-electron chi connectivity index (χ3n) is 4.03. The molecule has 9 nitrogen and oxygen atoms in total. The van der Waals surface area contributed by atoms with Gasteiger partial charge in [0.1, 0.15) is 12.3 Å². The lowest BCUT2D eigenvalue weighted by atomic mass is 9.87. The fraction of sp³-hybridized carbons (Fsp3) is 0.333. The number of esters is 1. The lowest BCUT2D eigenvalue weighted by molar-refractivity contribution is -0.147. The predicted molar refractivity (Wildman–Crippen MR) is 108 cm³/mol. The molecule has 0 saturated heterocycles. The Morgan fingerprint density at radius 3 is 2.30 bits per heavy atom. The number of carbonyl (C=O) groups excluding carboxylic acids is 4. The molecular weight excluding hydrogens is 390 g/mol. The molecule has 0 radical (unpaired) electrons. The van der Waals surface area contributed by atoms with Crippen molar-refractivity contribution in [1.29, 1.82) is 0 Å². The van der Waals surface area contributed by atoms with Gasteiger partial charge in [-0.3, -0.25) is 19.7 Å². The molecule has 30 heavy (non-hydrogen) atoms. The van der Waals surface area contributed by atoms with Crippen molar-refractivity contribution in [3.63, 3.8) is 0 Å². The van der Waals surface area contributed by atoms with Crippen LogP contribution in [-0.4, -0.2) is 37.0 Å². The molecule has 0 spiro atoms. The number of urea groups is 1. The molecule has 0 fully saturated rings. The van der Waals surface area contributed by atoms with Gasteiger partial charge in [0.25, 0.3) is 11.8 Å². The van der Waals surface area contributed by atoms with Gasteiger partial charge in [0.05, 0.1) is 12.8 Å². The van der Waals surface area contributed by atoms with Crippen LogP contribution in [0, 0.1) is 0 Å². The monoisotopic (exact) mass is 415 g/mol. The first-order chi connectivity index (χ1) is 14.1. The minimum atomic E-state index is -0.805. The van der Waals surface area contributed by atoms with E-state index in [1.54, 1.807) is 24.3 Å². The minimum absolute atomic E-state index is 0.0327. The Morgan fingerprint density at radius 2 is 1.70 bits per heavy atom. The summed E-state index contributed by atoms with van der Waals surface area (Å²) in [7, 11) is 0. The van der Waals surface area contributed by atoms with Crippen molar-refractivity contribution in [3.8, 4) is 0 Å². The van der Waals surface area contributed by atoms with Crippen molar-refractivity contribution in [2.75, 3.05) is 13.2 Å². The summed E-state index contributed by atoms with van der Waals surface area (Å²) < 4.78 is 9.78. The quantitative estimate of drug-likeness (QED) is 0.593. The highest BCUT2D eigenvalue weighted by molar-refractivity contribution is 5.97. The molecule has 0 aliphatic carbocycles. The molecule has 2 rings (SSSR count). The molecule has 0 atom stereocenters. The zero-order valence-electron chi connectivity index (χ0n) is 17.1. The lowest BCUT2D eigenvalue weighted by Crippen LogP contribution is -2.41. The Balaban J connectivity index is 1.66. The van der Waals surface area contributed by atoms with Crippen LogP contribution < -0.4 is 16.0 Å². The number of furan rings is 1. The molecule has 0 aliphatic heterocycles. The predicted octanol–water partition coefficient (Wildman–Crippen LogP) is 1.88. The summed E-state index contributed by atoms with van der Waals surface area (Å²) in [6, 6.07) is 9.64. The second-order valence-electron chi connectivity index (χ2n) is 7.48. The highest BCUT2D eigenvalue weighted by atomic mass is 16.5. The summed E-state index contributed by atoms with van der Waals surface area (Å²) in [5.41, 5.74) is 1.45. The maximum absolute atomic E-state index is 12.1. The van der Waals surface area contributed by atoms with Gasteiger partial charge in [0, 0.05) is 5.56 Å². The number of amides is 4. The molecule has 9 heteroatoms. The van der Waals surface area contributed by atoms with E-state index < -0.39 is 37.0 Å². The summed E-state index contributed by atoms with van der Waals surface area (Å²) in [5.74, 6) is -1.52. The van der Waals surface area contributed by atoms with E-state index in [0.717, 1.165) is 5.56 Å². The van der Waals surface area contributed by atoms with Gasteiger partial charge in [0.15, 0.2) is 6.61 Å². The van der Waals surface area contributed by atoms with Crippen LogP contribution in [0.1, 0.15) is 42.5 Å². The summed E-state index contributed by atoms with van der Waals surface area (Å²) in [6.45, 7) is 5.25. The maximum Gasteiger partial charge on any atom is 0.325 e. The molecular formula is C21H25N3O6. The molecule has 0 saturated carbocycles. The summed E-state index contributed by atoms with van der Waals surface area (Å²) in [4.78, 5) is 47.0. The third kappa shape index (κ3) is 7.42. The molecule has 0 unspecified atom stereocenters. The van der Waals surface area contributed by atoms with E-state index in [-0.39, 0.29) is 12.0 Å². The molecule has 4 amide bonds. The van der Waals surface area contributed by atoms with Gasteiger partial charge in [-0.05, 0) is 35.2 Å². The summed E-state index contributed by atoms with van der Waals surface area (Å²) in [5, 5.41) is 6.85.